The number of anilines is 2. The van der Waals surface area contributed by atoms with Crippen molar-refractivity contribution in [2.75, 3.05) is 24.0 Å². The third kappa shape index (κ3) is 3.67. The van der Waals surface area contributed by atoms with E-state index in [4.69, 9.17) is 10.6 Å². The molecule has 1 fully saturated rings. The van der Waals surface area contributed by atoms with E-state index in [1.807, 2.05) is 0 Å². The van der Waals surface area contributed by atoms with Gasteiger partial charge in [0.25, 0.3) is 0 Å². The second-order valence-electron chi connectivity index (χ2n) is 4.16. The molecule has 6 nitrogen and oxygen atoms in total. The van der Waals surface area contributed by atoms with Crippen molar-refractivity contribution in [2.45, 2.75) is 25.1 Å². The highest BCUT2D eigenvalue weighted by molar-refractivity contribution is 5.47. The quantitative estimate of drug-likeness (QED) is 0.571. The number of hydrogen-bond acceptors (Lipinski definition) is 6. The van der Waals surface area contributed by atoms with Gasteiger partial charge in [0.2, 0.25) is 5.82 Å². The van der Waals surface area contributed by atoms with E-state index in [1.54, 1.807) is 0 Å². The lowest BCUT2D eigenvalue weighted by Gasteiger charge is -2.24. The Hall–Kier alpha value is -1.61. The molecule has 1 aliphatic heterocycles. The number of ether oxygens (including phenoxy) is 1. The molecule has 2 heterocycles. The first-order chi connectivity index (χ1) is 8.99. The first kappa shape index (κ1) is 13.8. The fourth-order valence-corrected chi connectivity index (χ4v) is 1.79. The van der Waals surface area contributed by atoms with E-state index in [-0.39, 0.29) is 17.7 Å². The third-order valence-corrected chi connectivity index (χ3v) is 2.64. The Bertz CT molecular complexity index is 434. The maximum atomic E-state index is 12.6. The van der Waals surface area contributed by atoms with E-state index < -0.39 is 12.0 Å². The standard InChI is InChI=1S/C10H14F3N5O/c11-10(12,13)9-16-7(4-8(17-9)18-14)15-6-2-1-3-19-5-6/h4,6H,1-3,5,14H2,(H2,15,16,17,18). The average molecular weight is 277 g/mol. The number of nitrogens with one attached hydrogen (secondary N) is 2. The highest BCUT2D eigenvalue weighted by atomic mass is 19.4. The van der Waals surface area contributed by atoms with Crippen LogP contribution < -0.4 is 16.6 Å². The molecule has 1 atom stereocenters. The highest BCUT2D eigenvalue weighted by Gasteiger charge is 2.35. The van der Waals surface area contributed by atoms with Crippen LogP contribution in [0.15, 0.2) is 6.07 Å². The molecule has 1 aliphatic rings. The van der Waals surface area contributed by atoms with Crippen molar-refractivity contribution in [3.05, 3.63) is 11.9 Å². The summed E-state index contributed by atoms with van der Waals surface area (Å²) >= 11 is 0. The van der Waals surface area contributed by atoms with Gasteiger partial charge in [-0.25, -0.2) is 15.8 Å². The first-order valence-corrected chi connectivity index (χ1v) is 5.76. The van der Waals surface area contributed by atoms with E-state index in [0.717, 1.165) is 12.8 Å². The van der Waals surface area contributed by atoms with E-state index in [2.05, 4.69) is 20.7 Å². The molecule has 4 N–H and O–H groups in total. The molecule has 0 radical (unpaired) electrons. The monoisotopic (exact) mass is 277 g/mol. The van der Waals surface area contributed by atoms with Gasteiger partial charge >= 0.3 is 6.18 Å². The summed E-state index contributed by atoms with van der Waals surface area (Å²) in [6, 6.07) is 1.26. The number of nitrogens with two attached hydrogens (primary N) is 1. The highest BCUT2D eigenvalue weighted by Crippen LogP contribution is 2.28. The third-order valence-electron chi connectivity index (χ3n) is 2.64. The number of hydrazine groups is 1. The molecule has 0 aromatic carbocycles. The molecule has 2 rings (SSSR count). The predicted octanol–water partition coefficient (Wildman–Crippen LogP) is 1.37. The summed E-state index contributed by atoms with van der Waals surface area (Å²) in [5.74, 6) is 3.85. The van der Waals surface area contributed by atoms with Gasteiger partial charge in [0.15, 0.2) is 0 Å². The Morgan fingerprint density at radius 1 is 1.32 bits per heavy atom. The Kier molecular flexibility index (Phi) is 4.05. The van der Waals surface area contributed by atoms with Crippen molar-refractivity contribution >= 4 is 11.6 Å². The van der Waals surface area contributed by atoms with Crippen molar-refractivity contribution in [1.82, 2.24) is 9.97 Å². The minimum Gasteiger partial charge on any atom is -0.379 e. The predicted molar refractivity (Wildman–Crippen MR) is 62.3 cm³/mol. The van der Waals surface area contributed by atoms with Crippen molar-refractivity contribution in [3.63, 3.8) is 0 Å². The fourth-order valence-electron chi connectivity index (χ4n) is 1.79. The van der Waals surface area contributed by atoms with Gasteiger partial charge in [-0.2, -0.15) is 13.2 Å². The Labute approximate surface area is 107 Å². The molecule has 106 valence electrons. The zero-order chi connectivity index (χ0) is 13.9. The molecule has 1 aromatic rings. The smallest absolute Gasteiger partial charge is 0.379 e. The lowest BCUT2D eigenvalue weighted by Crippen LogP contribution is -2.31. The molecule has 1 aromatic heterocycles. The van der Waals surface area contributed by atoms with Crippen LogP contribution in [0.25, 0.3) is 0 Å². The summed E-state index contributed by atoms with van der Waals surface area (Å²) in [6.45, 7) is 1.11. The maximum Gasteiger partial charge on any atom is 0.451 e. The van der Waals surface area contributed by atoms with Crippen LogP contribution in [0, 0.1) is 0 Å². The number of rotatable bonds is 3. The van der Waals surface area contributed by atoms with Crippen LogP contribution >= 0.6 is 0 Å². The van der Waals surface area contributed by atoms with Crippen LogP contribution in [-0.2, 0) is 10.9 Å². The van der Waals surface area contributed by atoms with Crippen LogP contribution in [-0.4, -0.2) is 29.2 Å². The zero-order valence-electron chi connectivity index (χ0n) is 10.00. The summed E-state index contributed by atoms with van der Waals surface area (Å²) in [5, 5.41) is 2.90. The molecule has 1 saturated heterocycles. The molecule has 9 heteroatoms. The SMILES string of the molecule is NNc1cc(NC2CCCOC2)nc(C(F)(F)F)n1. The van der Waals surface area contributed by atoms with E-state index in [9.17, 15) is 13.2 Å². The second kappa shape index (κ2) is 5.57. The van der Waals surface area contributed by atoms with Crippen molar-refractivity contribution in [1.29, 1.82) is 0 Å². The van der Waals surface area contributed by atoms with Crippen LogP contribution in [0.3, 0.4) is 0 Å². The van der Waals surface area contributed by atoms with E-state index in [1.165, 1.54) is 6.07 Å². The van der Waals surface area contributed by atoms with E-state index in [0.29, 0.717) is 13.2 Å². The molecule has 0 saturated carbocycles. The average Bonchev–Trinajstić information content (AvgIpc) is 2.38. The summed E-state index contributed by atoms with van der Waals surface area (Å²) in [7, 11) is 0. The van der Waals surface area contributed by atoms with Gasteiger partial charge in [-0.15, -0.1) is 0 Å². The van der Waals surface area contributed by atoms with Crippen LogP contribution in [0.4, 0.5) is 24.8 Å². The maximum absolute atomic E-state index is 12.6. The van der Waals surface area contributed by atoms with Gasteiger partial charge in [0.1, 0.15) is 11.6 Å². The largest absolute Gasteiger partial charge is 0.451 e. The lowest BCUT2D eigenvalue weighted by atomic mass is 10.1. The molecular formula is C10H14F3N5O. The minimum absolute atomic E-state index is 0.0599. The number of alkyl halides is 3. The van der Waals surface area contributed by atoms with Crippen LogP contribution in [0.5, 0.6) is 0 Å². The number of nitrogen functional groups attached to an aromatic ring is 1. The zero-order valence-corrected chi connectivity index (χ0v) is 10.00. The fraction of sp³-hybridized carbons (Fsp3) is 0.600. The van der Waals surface area contributed by atoms with Crippen LogP contribution in [0.2, 0.25) is 0 Å². The summed E-state index contributed by atoms with van der Waals surface area (Å²) in [4.78, 5) is 6.72. The first-order valence-electron chi connectivity index (χ1n) is 5.76. The summed E-state index contributed by atoms with van der Waals surface area (Å²) < 4.78 is 43.1. The van der Waals surface area contributed by atoms with Gasteiger partial charge < -0.3 is 15.5 Å². The second-order valence-corrected chi connectivity index (χ2v) is 4.16. The van der Waals surface area contributed by atoms with Crippen molar-refractivity contribution < 1.29 is 17.9 Å². The molecule has 19 heavy (non-hydrogen) atoms. The number of hydrogen-bond donors (Lipinski definition) is 3. The Morgan fingerprint density at radius 2 is 2.05 bits per heavy atom. The molecule has 0 aliphatic carbocycles. The molecular weight excluding hydrogens is 263 g/mol. The minimum atomic E-state index is -4.62. The summed E-state index contributed by atoms with van der Waals surface area (Å²) in [5.41, 5.74) is 2.09. The van der Waals surface area contributed by atoms with Gasteiger partial charge in [-0.05, 0) is 12.8 Å². The molecule has 0 amide bonds. The number of aromatic nitrogens is 2. The number of nitrogens with zero attached hydrogens (tertiary/aromatic N) is 2. The topological polar surface area (TPSA) is 85.1 Å². The Morgan fingerprint density at radius 3 is 2.63 bits per heavy atom. The van der Waals surface area contributed by atoms with Gasteiger partial charge in [0.05, 0.1) is 12.6 Å². The van der Waals surface area contributed by atoms with Gasteiger partial charge in [-0.1, -0.05) is 0 Å². The van der Waals surface area contributed by atoms with Crippen molar-refractivity contribution in [2.24, 2.45) is 5.84 Å². The lowest BCUT2D eigenvalue weighted by molar-refractivity contribution is -0.144. The number of halogens is 3. The summed E-state index contributed by atoms with van der Waals surface area (Å²) in [6.07, 6.45) is -2.94. The normalized spacial score (nSPS) is 20.1. The van der Waals surface area contributed by atoms with E-state index >= 15 is 0 Å². The van der Waals surface area contributed by atoms with Crippen molar-refractivity contribution in [3.8, 4) is 0 Å². The Balaban J connectivity index is 2.19. The van der Waals surface area contributed by atoms with Gasteiger partial charge in [-0.3, -0.25) is 0 Å². The molecule has 0 bridgehead atoms. The van der Waals surface area contributed by atoms with Crippen LogP contribution in [0.1, 0.15) is 18.7 Å². The molecule has 0 spiro atoms. The molecule has 1 unspecified atom stereocenters. The van der Waals surface area contributed by atoms with Gasteiger partial charge in [0, 0.05) is 12.7 Å².